The van der Waals surface area contributed by atoms with Gasteiger partial charge in [0.2, 0.25) is 0 Å². The van der Waals surface area contributed by atoms with E-state index < -0.39 is 6.10 Å². The SMILES string of the molecule is C[C@@H](Oc1cccc(Cl)c1)C(=O)Nc1ccc(OC2CCCC2)cc1. The summed E-state index contributed by atoms with van der Waals surface area (Å²) in [5.74, 6) is 1.19. The van der Waals surface area contributed by atoms with Crippen LogP contribution in [0.3, 0.4) is 0 Å². The van der Waals surface area contributed by atoms with Gasteiger partial charge >= 0.3 is 0 Å². The summed E-state index contributed by atoms with van der Waals surface area (Å²) < 4.78 is 11.5. The highest BCUT2D eigenvalue weighted by molar-refractivity contribution is 6.30. The van der Waals surface area contributed by atoms with Gasteiger partial charge in [-0.05, 0) is 75.1 Å². The van der Waals surface area contributed by atoms with Crippen LogP contribution >= 0.6 is 11.6 Å². The first-order chi connectivity index (χ1) is 12.1. The Balaban J connectivity index is 1.53. The number of nitrogens with one attached hydrogen (secondary N) is 1. The predicted molar refractivity (Wildman–Crippen MR) is 99.5 cm³/mol. The van der Waals surface area contributed by atoms with E-state index in [1.807, 2.05) is 24.3 Å². The van der Waals surface area contributed by atoms with Crippen LogP contribution in [0, 0.1) is 0 Å². The quantitative estimate of drug-likeness (QED) is 0.783. The summed E-state index contributed by atoms with van der Waals surface area (Å²) >= 11 is 5.92. The number of benzene rings is 2. The van der Waals surface area contributed by atoms with Crippen molar-refractivity contribution in [2.75, 3.05) is 5.32 Å². The molecule has 2 aromatic carbocycles. The zero-order chi connectivity index (χ0) is 17.6. The van der Waals surface area contributed by atoms with Crippen molar-refractivity contribution in [1.82, 2.24) is 0 Å². The number of anilines is 1. The van der Waals surface area contributed by atoms with E-state index in [4.69, 9.17) is 21.1 Å². The van der Waals surface area contributed by atoms with Crippen molar-refractivity contribution in [3.63, 3.8) is 0 Å². The molecule has 0 bridgehead atoms. The van der Waals surface area contributed by atoms with Crippen molar-refractivity contribution in [1.29, 1.82) is 0 Å². The van der Waals surface area contributed by atoms with E-state index in [1.54, 1.807) is 31.2 Å². The van der Waals surface area contributed by atoms with Gasteiger partial charge in [-0.2, -0.15) is 0 Å². The summed E-state index contributed by atoms with van der Waals surface area (Å²) in [4.78, 5) is 12.3. The Morgan fingerprint density at radius 2 is 1.84 bits per heavy atom. The Hall–Kier alpha value is -2.20. The first-order valence-electron chi connectivity index (χ1n) is 8.60. The van der Waals surface area contributed by atoms with Gasteiger partial charge in [0.25, 0.3) is 5.91 Å². The van der Waals surface area contributed by atoms with Gasteiger partial charge in [-0.1, -0.05) is 17.7 Å². The first kappa shape index (κ1) is 17.6. The number of rotatable bonds is 6. The Morgan fingerprint density at radius 3 is 2.52 bits per heavy atom. The second-order valence-electron chi connectivity index (χ2n) is 6.26. The number of hydrogen-bond donors (Lipinski definition) is 1. The third-order valence-corrected chi connectivity index (χ3v) is 4.44. The van der Waals surface area contributed by atoms with Gasteiger partial charge in [0.15, 0.2) is 6.10 Å². The van der Waals surface area contributed by atoms with Gasteiger partial charge in [-0.3, -0.25) is 4.79 Å². The molecule has 1 aliphatic rings. The minimum absolute atomic E-state index is 0.218. The maximum Gasteiger partial charge on any atom is 0.265 e. The highest BCUT2D eigenvalue weighted by Gasteiger charge is 2.17. The summed E-state index contributed by atoms with van der Waals surface area (Å²) in [5, 5.41) is 3.42. The number of ether oxygens (including phenoxy) is 2. The van der Waals surface area contributed by atoms with Crippen LogP contribution in [0.4, 0.5) is 5.69 Å². The summed E-state index contributed by atoms with van der Waals surface area (Å²) in [5.41, 5.74) is 0.713. The van der Waals surface area contributed by atoms with Gasteiger partial charge < -0.3 is 14.8 Å². The van der Waals surface area contributed by atoms with Crippen LogP contribution < -0.4 is 14.8 Å². The molecule has 1 saturated carbocycles. The lowest BCUT2D eigenvalue weighted by Gasteiger charge is -2.16. The molecule has 1 N–H and O–H groups in total. The molecule has 0 saturated heterocycles. The molecule has 132 valence electrons. The molecule has 1 aliphatic carbocycles. The number of amides is 1. The van der Waals surface area contributed by atoms with E-state index in [1.165, 1.54) is 12.8 Å². The number of hydrogen-bond acceptors (Lipinski definition) is 3. The first-order valence-corrected chi connectivity index (χ1v) is 8.98. The monoisotopic (exact) mass is 359 g/mol. The molecular formula is C20H22ClNO3. The smallest absolute Gasteiger partial charge is 0.265 e. The molecule has 0 aromatic heterocycles. The largest absolute Gasteiger partial charge is 0.490 e. The van der Waals surface area contributed by atoms with Crippen LogP contribution in [-0.2, 0) is 4.79 Å². The van der Waals surface area contributed by atoms with Crippen molar-refractivity contribution in [3.05, 3.63) is 53.6 Å². The fraction of sp³-hybridized carbons (Fsp3) is 0.350. The van der Waals surface area contributed by atoms with Gasteiger partial charge in [0.05, 0.1) is 6.10 Å². The molecule has 0 aliphatic heterocycles. The molecule has 25 heavy (non-hydrogen) atoms. The summed E-state index contributed by atoms with van der Waals surface area (Å²) in [6, 6.07) is 14.4. The molecule has 3 rings (SSSR count). The van der Waals surface area contributed by atoms with Crippen molar-refractivity contribution in [3.8, 4) is 11.5 Å². The van der Waals surface area contributed by atoms with Crippen LogP contribution in [0.25, 0.3) is 0 Å². The van der Waals surface area contributed by atoms with Crippen molar-refractivity contribution >= 4 is 23.2 Å². The minimum atomic E-state index is -0.632. The van der Waals surface area contributed by atoms with E-state index in [0.717, 1.165) is 18.6 Å². The lowest BCUT2D eigenvalue weighted by Crippen LogP contribution is -2.30. The van der Waals surface area contributed by atoms with Gasteiger partial charge in [0.1, 0.15) is 11.5 Å². The van der Waals surface area contributed by atoms with Crippen LogP contribution in [-0.4, -0.2) is 18.1 Å². The van der Waals surface area contributed by atoms with Crippen LogP contribution in [0.2, 0.25) is 5.02 Å². The Labute approximate surface area is 153 Å². The lowest BCUT2D eigenvalue weighted by atomic mass is 10.2. The molecule has 1 atom stereocenters. The number of halogens is 1. The second kappa shape index (κ2) is 8.26. The Bertz CT molecular complexity index is 711. The molecule has 1 fully saturated rings. The molecule has 0 radical (unpaired) electrons. The van der Waals surface area contributed by atoms with Gasteiger partial charge in [0, 0.05) is 10.7 Å². The molecule has 1 amide bonds. The normalized spacial score (nSPS) is 15.6. The van der Waals surface area contributed by atoms with Crippen LogP contribution in [0.5, 0.6) is 11.5 Å². The van der Waals surface area contributed by atoms with E-state index in [9.17, 15) is 4.79 Å². The fourth-order valence-electron chi connectivity index (χ4n) is 2.86. The van der Waals surface area contributed by atoms with Crippen molar-refractivity contribution in [2.45, 2.75) is 44.8 Å². The third kappa shape index (κ3) is 5.13. The number of carbonyl (C=O) groups is 1. The molecule has 5 heteroatoms. The molecule has 2 aromatic rings. The zero-order valence-corrected chi connectivity index (χ0v) is 15.0. The fourth-order valence-corrected chi connectivity index (χ4v) is 3.04. The standard InChI is InChI=1S/C20H22ClNO3/c1-14(24-19-8-4-5-15(21)13-19)20(23)22-16-9-11-18(12-10-16)25-17-6-2-3-7-17/h4-5,8-14,17H,2-3,6-7H2,1H3,(H,22,23)/t14-/m1/s1. The maximum atomic E-state index is 12.3. The van der Waals surface area contributed by atoms with Crippen molar-refractivity contribution < 1.29 is 14.3 Å². The van der Waals surface area contributed by atoms with Crippen molar-refractivity contribution in [2.24, 2.45) is 0 Å². The third-order valence-electron chi connectivity index (χ3n) is 4.20. The van der Waals surface area contributed by atoms with E-state index in [-0.39, 0.29) is 5.91 Å². The average molecular weight is 360 g/mol. The van der Waals surface area contributed by atoms with Crippen LogP contribution in [0.1, 0.15) is 32.6 Å². The number of carbonyl (C=O) groups excluding carboxylic acids is 1. The molecule has 0 heterocycles. The van der Waals surface area contributed by atoms with Gasteiger partial charge in [-0.25, -0.2) is 0 Å². The molecule has 4 nitrogen and oxygen atoms in total. The Kier molecular flexibility index (Phi) is 5.82. The van der Waals surface area contributed by atoms with Gasteiger partial charge in [-0.15, -0.1) is 0 Å². The molecule has 0 unspecified atom stereocenters. The summed E-state index contributed by atoms with van der Waals surface area (Å²) in [6.45, 7) is 1.70. The van der Waals surface area contributed by atoms with Crippen LogP contribution in [0.15, 0.2) is 48.5 Å². The molecule has 0 spiro atoms. The summed E-state index contributed by atoms with van der Waals surface area (Å²) in [7, 11) is 0. The predicted octanol–water partition coefficient (Wildman–Crippen LogP) is 5.07. The average Bonchev–Trinajstić information content (AvgIpc) is 3.09. The minimum Gasteiger partial charge on any atom is -0.490 e. The zero-order valence-electron chi connectivity index (χ0n) is 14.2. The van der Waals surface area contributed by atoms with E-state index in [2.05, 4.69) is 5.32 Å². The summed E-state index contributed by atoms with van der Waals surface area (Å²) in [6.07, 6.45) is 4.42. The maximum absolute atomic E-state index is 12.3. The highest BCUT2D eigenvalue weighted by atomic mass is 35.5. The highest BCUT2D eigenvalue weighted by Crippen LogP contribution is 2.25. The second-order valence-corrected chi connectivity index (χ2v) is 6.69. The topological polar surface area (TPSA) is 47.6 Å². The van der Waals surface area contributed by atoms with E-state index in [0.29, 0.717) is 22.6 Å². The lowest BCUT2D eigenvalue weighted by molar-refractivity contribution is -0.122. The van der Waals surface area contributed by atoms with E-state index >= 15 is 0 Å². The Morgan fingerprint density at radius 1 is 1.12 bits per heavy atom. The molecular weight excluding hydrogens is 338 g/mol.